The highest BCUT2D eigenvalue weighted by Gasteiger charge is 2.18. The van der Waals surface area contributed by atoms with Gasteiger partial charge in [-0.3, -0.25) is 10.1 Å². The molecule has 2 rings (SSSR count). The second kappa shape index (κ2) is 7.89. The monoisotopic (exact) mass is 345 g/mol. The van der Waals surface area contributed by atoms with Gasteiger partial charge >= 0.3 is 11.7 Å². The van der Waals surface area contributed by atoms with E-state index in [9.17, 15) is 14.9 Å². The van der Waals surface area contributed by atoms with E-state index >= 15 is 0 Å². The first-order valence-corrected chi connectivity index (χ1v) is 7.48. The molecule has 0 saturated carbocycles. The van der Waals surface area contributed by atoms with Crippen LogP contribution < -0.4 is 5.32 Å². The Balaban J connectivity index is 2.27. The quantitative estimate of drug-likeness (QED) is 0.209. The molecule has 1 heterocycles. The van der Waals surface area contributed by atoms with Gasteiger partial charge in [0.15, 0.2) is 5.03 Å². The first-order valence-electron chi connectivity index (χ1n) is 6.66. The fourth-order valence-corrected chi connectivity index (χ4v) is 2.18. The summed E-state index contributed by atoms with van der Waals surface area (Å²) in [4.78, 5) is 29.7. The number of thioether (sulfide) groups is 1. The number of nitro groups is 1. The molecular weight excluding hydrogens is 334 g/mol. The highest BCUT2D eigenvalue weighted by atomic mass is 32.2. The smallest absolute Gasteiger partial charge is 0.338 e. The highest BCUT2D eigenvalue weighted by Crippen LogP contribution is 2.27. The van der Waals surface area contributed by atoms with E-state index in [0.29, 0.717) is 23.0 Å². The van der Waals surface area contributed by atoms with E-state index in [0.717, 1.165) is 6.20 Å². The van der Waals surface area contributed by atoms with Crippen molar-refractivity contribution in [3.05, 3.63) is 46.1 Å². The van der Waals surface area contributed by atoms with Crippen LogP contribution in [-0.4, -0.2) is 27.5 Å². The maximum Gasteiger partial charge on any atom is 0.338 e. The number of carbonyl (C=O) groups excluding carboxylic acids is 1. The van der Waals surface area contributed by atoms with Crippen LogP contribution in [0.3, 0.4) is 0 Å². The molecule has 0 aliphatic carbocycles. The van der Waals surface area contributed by atoms with Gasteiger partial charge in [0.2, 0.25) is 5.95 Å². The van der Waals surface area contributed by atoms with Crippen molar-refractivity contribution < 1.29 is 14.5 Å². The minimum atomic E-state index is -0.662. The molecule has 0 amide bonds. The number of nitriles is 1. The summed E-state index contributed by atoms with van der Waals surface area (Å²) in [6.45, 7) is 1.97. The summed E-state index contributed by atoms with van der Waals surface area (Å²) >= 11 is 0.568. The van der Waals surface area contributed by atoms with Crippen LogP contribution in [0.5, 0.6) is 0 Å². The number of nitrogens with zero attached hydrogens (tertiary/aromatic N) is 4. The molecule has 9 nitrogen and oxygen atoms in total. The van der Waals surface area contributed by atoms with Gasteiger partial charge in [-0.05, 0) is 25.1 Å². The molecule has 0 radical (unpaired) electrons. The van der Waals surface area contributed by atoms with Gasteiger partial charge in [-0.1, -0.05) is 6.07 Å². The van der Waals surface area contributed by atoms with Crippen LogP contribution in [0.15, 0.2) is 35.5 Å². The Bertz CT molecular complexity index is 821. The Morgan fingerprint density at radius 2 is 2.33 bits per heavy atom. The maximum absolute atomic E-state index is 11.7. The van der Waals surface area contributed by atoms with Gasteiger partial charge in [-0.25, -0.2) is 9.78 Å². The normalized spacial score (nSPS) is 9.83. The van der Waals surface area contributed by atoms with Crippen molar-refractivity contribution in [1.29, 1.82) is 5.26 Å². The number of carbonyl (C=O) groups is 1. The summed E-state index contributed by atoms with van der Waals surface area (Å²) in [5.74, 6) is -0.397. The maximum atomic E-state index is 11.7. The van der Waals surface area contributed by atoms with Crippen molar-refractivity contribution >= 4 is 35.1 Å². The summed E-state index contributed by atoms with van der Waals surface area (Å²) < 4.78 is 4.91. The topological polar surface area (TPSA) is 131 Å². The average Bonchev–Trinajstić information content (AvgIpc) is 2.55. The van der Waals surface area contributed by atoms with Crippen molar-refractivity contribution in [2.75, 3.05) is 11.9 Å². The number of nitrogens with one attached hydrogen (secondary N) is 1. The van der Waals surface area contributed by atoms with Crippen LogP contribution in [-0.2, 0) is 4.74 Å². The van der Waals surface area contributed by atoms with Crippen LogP contribution in [0, 0.1) is 20.8 Å². The lowest BCUT2D eigenvalue weighted by Gasteiger charge is -2.07. The number of esters is 1. The summed E-state index contributed by atoms with van der Waals surface area (Å²) in [6, 6.07) is 6.45. The first-order chi connectivity index (χ1) is 11.5. The minimum absolute atomic E-state index is 0.0680. The molecule has 0 atom stereocenters. The lowest BCUT2D eigenvalue weighted by atomic mass is 10.2. The van der Waals surface area contributed by atoms with Crippen molar-refractivity contribution in [3.63, 3.8) is 0 Å². The van der Waals surface area contributed by atoms with E-state index in [4.69, 9.17) is 10.00 Å². The van der Waals surface area contributed by atoms with Gasteiger partial charge in [0.05, 0.1) is 17.1 Å². The minimum Gasteiger partial charge on any atom is -0.462 e. The number of rotatable bonds is 6. The molecule has 0 aliphatic rings. The Labute approximate surface area is 140 Å². The molecule has 0 fully saturated rings. The van der Waals surface area contributed by atoms with Gasteiger partial charge < -0.3 is 10.1 Å². The third-order valence-electron chi connectivity index (χ3n) is 2.70. The largest absolute Gasteiger partial charge is 0.462 e. The van der Waals surface area contributed by atoms with Crippen LogP contribution in [0.4, 0.5) is 17.3 Å². The van der Waals surface area contributed by atoms with Crippen LogP contribution in [0.1, 0.15) is 17.3 Å². The molecule has 2 aromatic rings. The van der Waals surface area contributed by atoms with E-state index in [-0.39, 0.29) is 23.3 Å². The van der Waals surface area contributed by atoms with Gasteiger partial charge in [0.25, 0.3) is 0 Å². The molecule has 122 valence electrons. The number of aromatic nitrogens is 2. The number of hydrogen-bond acceptors (Lipinski definition) is 9. The molecule has 0 spiro atoms. The number of hydrogen-bond donors (Lipinski definition) is 1. The summed E-state index contributed by atoms with van der Waals surface area (Å²) in [6.07, 6.45) is 1.02. The van der Waals surface area contributed by atoms with Gasteiger partial charge in [0.1, 0.15) is 11.6 Å². The summed E-state index contributed by atoms with van der Waals surface area (Å²) in [7, 11) is 0. The number of ether oxygens (including phenoxy) is 1. The lowest BCUT2D eigenvalue weighted by Crippen LogP contribution is -2.05. The molecule has 0 saturated heterocycles. The van der Waals surface area contributed by atoms with E-state index in [1.54, 1.807) is 36.6 Å². The summed E-state index contributed by atoms with van der Waals surface area (Å²) in [5.41, 5.74) is 0.491. The molecule has 1 aromatic heterocycles. The Hall–Kier alpha value is -3.19. The van der Waals surface area contributed by atoms with E-state index in [2.05, 4.69) is 15.3 Å². The lowest BCUT2D eigenvalue weighted by molar-refractivity contribution is -0.388. The third kappa shape index (κ3) is 4.17. The van der Waals surface area contributed by atoms with E-state index < -0.39 is 10.9 Å². The van der Waals surface area contributed by atoms with Crippen LogP contribution >= 0.6 is 11.8 Å². The van der Waals surface area contributed by atoms with Crippen molar-refractivity contribution in [2.24, 2.45) is 0 Å². The molecule has 1 aromatic carbocycles. The molecule has 1 N–H and O–H groups in total. The molecule has 0 aliphatic heterocycles. The highest BCUT2D eigenvalue weighted by molar-refractivity contribution is 8.03. The van der Waals surface area contributed by atoms with Gasteiger partial charge in [-0.15, -0.1) is 0 Å². The van der Waals surface area contributed by atoms with E-state index in [1.165, 1.54) is 0 Å². The number of benzene rings is 1. The van der Waals surface area contributed by atoms with Gasteiger partial charge in [-0.2, -0.15) is 10.2 Å². The Morgan fingerprint density at radius 3 is 3.00 bits per heavy atom. The third-order valence-corrected chi connectivity index (χ3v) is 3.29. The van der Waals surface area contributed by atoms with Crippen LogP contribution in [0.2, 0.25) is 0 Å². The number of anilines is 2. The second-order valence-corrected chi connectivity index (χ2v) is 5.03. The molecule has 0 bridgehead atoms. The predicted octanol–water partition coefficient (Wildman–Crippen LogP) is 2.88. The number of thiocyanates is 1. The van der Waals surface area contributed by atoms with Crippen molar-refractivity contribution in [1.82, 2.24) is 9.97 Å². The van der Waals surface area contributed by atoms with E-state index in [1.807, 2.05) is 0 Å². The zero-order chi connectivity index (χ0) is 17.5. The zero-order valence-corrected chi connectivity index (χ0v) is 13.2. The first kappa shape index (κ1) is 17.2. The standard InChI is InChI=1S/C14H11N5O4S/c1-2-23-13(20)9-4-3-5-10(6-9)17-14-16-7-11(19(21)22)12(18-14)24-8-15/h3-7H,2H2,1H3,(H,16,17,18). The zero-order valence-electron chi connectivity index (χ0n) is 12.4. The molecule has 24 heavy (non-hydrogen) atoms. The predicted molar refractivity (Wildman–Crippen MR) is 85.8 cm³/mol. The SMILES string of the molecule is CCOC(=O)c1cccc(Nc2ncc([N+](=O)[O-])c(SC#N)n2)c1. The summed E-state index contributed by atoms with van der Waals surface area (Å²) in [5, 5.41) is 24.1. The van der Waals surface area contributed by atoms with Crippen LogP contribution in [0.25, 0.3) is 0 Å². The fraction of sp³-hybridized carbons (Fsp3) is 0.143. The van der Waals surface area contributed by atoms with Gasteiger partial charge in [0, 0.05) is 17.4 Å². The van der Waals surface area contributed by atoms with Crippen molar-refractivity contribution in [2.45, 2.75) is 11.9 Å². The van der Waals surface area contributed by atoms with Crippen molar-refractivity contribution in [3.8, 4) is 5.40 Å². The second-order valence-electron chi connectivity index (χ2n) is 4.26. The average molecular weight is 345 g/mol. The Morgan fingerprint density at radius 1 is 1.54 bits per heavy atom. The molecular formula is C14H11N5O4S. The Kier molecular flexibility index (Phi) is 5.64. The molecule has 10 heteroatoms. The fourth-order valence-electron chi connectivity index (χ4n) is 1.73. The molecule has 0 unspecified atom stereocenters.